The maximum Gasteiger partial charge on any atom is 0.151 e. The van der Waals surface area contributed by atoms with Gasteiger partial charge < -0.3 is 14.3 Å². The van der Waals surface area contributed by atoms with E-state index in [2.05, 4.69) is 24.1 Å². The lowest BCUT2D eigenvalue weighted by molar-refractivity contribution is -0.896. The molecule has 25 heavy (non-hydrogen) atoms. The third-order valence-corrected chi connectivity index (χ3v) is 5.73. The Morgan fingerprint density at radius 2 is 2.16 bits per heavy atom. The van der Waals surface area contributed by atoms with Gasteiger partial charge in [-0.25, -0.2) is 9.98 Å². The fourth-order valence-corrected chi connectivity index (χ4v) is 3.85. The summed E-state index contributed by atoms with van der Waals surface area (Å²) in [5.41, 5.74) is 1.45. The number of quaternary nitrogens is 1. The smallest absolute Gasteiger partial charge is 0.151 e. The van der Waals surface area contributed by atoms with E-state index in [9.17, 15) is 5.11 Å². The first kappa shape index (κ1) is 18.2. The monoisotopic (exact) mass is 379 g/mol. The molecule has 134 valence electrons. The highest BCUT2D eigenvalue weighted by Crippen LogP contribution is 2.28. The summed E-state index contributed by atoms with van der Waals surface area (Å²) in [5.74, 6) is 0.439. The Morgan fingerprint density at radius 3 is 2.84 bits per heavy atom. The van der Waals surface area contributed by atoms with Crippen molar-refractivity contribution in [1.82, 2.24) is 4.98 Å². The van der Waals surface area contributed by atoms with Crippen LogP contribution in [0.4, 0.5) is 5.69 Å². The van der Waals surface area contributed by atoms with Gasteiger partial charge in [0.15, 0.2) is 6.08 Å². The number of nitrogens with zero attached hydrogens (tertiary/aromatic N) is 3. The molecule has 1 aromatic carbocycles. The second kappa shape index (κ2) is 7.72. The van der Waals surface area contributed by atoms with Crippen LogP contribution < -0.4 is 5.11 Å². The Bertz CT molecular complexity index is 750. The molecule has 0 unspecified atom stereocenters. The predicted octanol–water partition coefficient (Wildman–Crippen LogP) is 3.31. The molecule has 2 heterocycles. The van der Waals surface area contributed by atoms with Crippen LogP contribution in [-0.4, -0.2) is 49.3 Å². The van der Waals surface area contributed by atoms with Crippen molar-refractivity contribution in [2.45, 2.75) is 12.8 Å². The number of aliphatic imine (C=N–C) groups is 1. The fraction of sp³-hybridized carbons (Fsp3) is 0.444. The van der Waals surface area contributed by atoms with Gasteiger partial charge in [0, 0.05) is 23.8 Å². The highest BCUT2D eigenvalue weighted by atomic mass is 35.5. The standard InChI is InChI=1S/C18H22ClN3O2S/c1-22(2)8-6-13(7-9-22)11-24-18(23)20-15-5-3-4-14(10-15)17-21-16(19)12-25-17/h3-5,10,12-13H,6-9,11H2,1-2H3. The van der Waals surface area contributed by atoms with Crippen molar-refractivity contribution in [3.63, 3.8) is 0 Å². The maximum absolute atomic E-state index is 12.0. The minimum Gasteiger partial charge on any atom is -0.600 e. The van der Waals surface area contributed by atoms with Gasteiger partial charge in [0.2, 0.25) is 0 Å². The van der Waals surface area contributed by atoms with E-state index in [0.717, 1.165) is 41.0 Å². The van der Waals surface area contributed by atoms with Crippen molar-refractivity contribution in [2.75, 3.05) is 33.8 Å². The van der Waals surface area contributed by atoms with Crippen LogP contribution in [-0.2, 0) is 4.74 Å². The lowest BCUT2D eigenvalue weighted by Gasteiger charge is -2.38. The van der Waals surface area contributed by atoms with Gasteiger partial charge in [0.1, 0.15) is 10.2 Å². The molecule has 2 aromatic rings. The second-order valence-corrected chi connectivity index (χ2v) is 8.29. The average Bonchev–Trinajstić information content (AvgIpc) is 3.01. The Balaban J connectivity index is 1.59. The largest absolute Gasteiger partial charge is 0.600 e. The van der Waals surface area contributed by atoms with Crippen LogP contribution in [0, 0.1) is 5.92 Å². The summed E-state index contributed by atoms with van der Waals surface area (Å²) in [5, 5.41) is 15.1. The van der Waals surface area contributed by atoms with Crippen LogP contribution >= 0.6 is 22.9 Å². The summed E-state index contributed by atoms with van der Waals surface area (Å²) in [6.07, 6.45) is 1.63. The zero-order valence-electron chi connectivity index (χ0n) is 14.4. The molecular weight excluding hydrogens is 358 g/mol. The summed E-state index contributed by atoms with van der Waals surface area (Å²) in [4.78, 5) is 8.28. The van der Waals surface area contributed by atoms with Gasteiger partial charge in [-0.3, -0.25) is 0 Å². The highest BCUT2D eigenvalue weighted by Gasteiger charge is 2.25. The number of benzene rings is 1. The molecule has 0 saturated carbocycles. The Labute approximate surface area is 157 Å². The number of hydrogen-bond acceptors (Lipinski definition) is 5. The number of ether oxygens (including phenoxy) is 1. The maximum atomic E-state index is 12.0. The van der Waals surface area contributed by atoms with Gasteiger partial charge in [0.25, 0.3) is 0 Å². The van der Waals surface area contributed by atoms with Crippen LogP contribution in [0.15, 0.2) is 34.6 Å². The van der Waals surface area contributed by atoms with E-state index in [1.165, 1.54) is 11.3 Å². The number of hydrogen-bond donors (Lipinski definition) is 0. The highest BCUT2D eigenvalue weighted by molar-refractivity contribution is 7.13. The zero-order valence-corrected chi connectivity index (χ0v) is 16.0. The number of aromatic nitrogens is 1. The molecule has 0 atom stereocenters. The van der Waals surface area contributed by atoms with Crippen LogP contribution in [0.2, 0.25) is 5.15 Å². The molecular formula is C18H22ClN3O2S. The lowest BCUT2D eigenvalue weighted by Crippen LogP contribution is -2.47. The van der Waals surface area contributed by atoms with Gasteiger partial charge in [-0.15, -0.1) is 11.3 Å². The van der Waals surface area contributed by atoms with Crippen LogP contribution in [0.1, 0.15) is 12.8 Å². The van der Waals surface area contributed by atoms with E-state index in [1.54, 1.807) is 11.4 Å². The molecule has 1 aliphatic heterocycles. The van der Waals surface area contributed by atoms with Gasteiger partial charge in [-0.1, -0.05) is 23.7 Å². The van der Waals surface area contributed by atoms with E-state index in [0.29, 0.717) is 23.4 Å². The molecule has 1 saturated heterocycles. The Morgan fingerprint density at radius 1 is 1.40 bits per heavy atom. The van der Waals surface area contributed by atoms with Crippen molar-refractivity contribution >= 4 is 34.7 Å². The summed E-state index contributed by atoms with van der Waals surface area (Å²) < 4.78 is 6.40. The number of likely N-dealkylation sites (tertiary alicyclic amines) is 1. The topological polar surface area (TPSA) is 57.5 Å². The second-order valence-electron chi connectivity index (χ2n) is 7.04. The van der Waals surface area contributed by atoms with Crippen molar-refractivity contribution in [2.24, 2.45) is 10.9 Å². The molecule has 1 aromatic heterocycles. The molecule has 7 heteroatoms. The minimum absolute atomic E-state index is 0.439. The van der Waals surface area contributed by atoms with Gasteiger partial charge >= 0.3 is 0 Å². The van der Waals surface area contributed by atoms with Gasteiger partial charge in [0.05, 0.1) is 32.9 Å². The lowest BCUT2D eigenvalue weighted by atomic mass is 9.97. The SMILES string of the molecule is C[N+]1(C)CCC(COC([O-])=Nc2cccc(-c3nc(Cl)cs3)c2)CC1. The normalized spacial score (nSPS) is 18.3. The predicted molar refractivity (Wildman–Crippen MR) is 100 cm³/mol. The van der Waals surface area contributed by atoms with Crippen LogP contribution in [0.5, 0.6) is 0 Å². The van der Waals surface area contributed by atoms with Crippen molar-refractivity contribution < 1.29 is 14.3 Å². The molecule has 0 radical (unpaired) electrons. The number of piperidine rings is 1. The minimum atomic E-state index is -0.534. The number of rotatable bonds is 4. The van der Waals surface area contributed by atoms with Crippen molar-refractivity contribution in [1.29, 1.82) is 0 Å². The average molecular weight is 380 g/mol. The molecule has 0 N–H and O–H groups in total. The first-order valence-corrected chi connectivity index (χ1v) is 9.59. The third-order valence-electron chi connectivity index (χ3n) is 4.52. The van der Waals surface area contributed by atoms with Crippen molar-refractivity contribution in [3.8, 4) is 10.6 Å². The van der Waals surface area contributed by atoms with Crippen LogP contribution in [0.3, 0.4) is 0 Å². The molecule has 0 bridgehead atoms. The molecule has 0 amide bonds. The number of thiazole rings is 1. The Kier molecular flexibility index (Phi) is 5.61. The third kappa shape index (κ3) is 5.17. The first-order chi connectivity index (χ1) is 11.9. The molecule has 5 nitrogen and oxygen atoms in total. The molecule has 1 fully saturated rings. The van der Waals surface area contributed by atoms with E-state index >= 15 is 0 Å². The first-order valence-electron chi connectivity index (χ1n) is 8.33. The Hall–Kier alpha value is -1.63. The number of halogens is 1. The van der Waals surface area contributed by atoms with E-state index in [-0.39, 0.29) is 0 Å². The summed E-state index contributed by atoms with van der Waals surface area (Å²) in [6, 6.07) is 7.36. The molecule has 3 rings (SSSR count). The quantitative estimate of drug-likeness (QED) is 0.465. The molecule has 0 spiro atoms. The fourth-order valence-electron chi connectivity index (χ4n) is 2.91. The van der Waals surface area contributed by atoms with Crippen LogP contribution in [0.25, 0.3) is 10.6 Å². The molecule has 1 aliphatic rings. The van der Waals surface area contributed by atoms with Crippen molar-refractivity contribution in [3.05, 3.63) is 34.8 Å². The van der Waals surface area contributed by atoms with E-state index in [4.69, 9.17) is 16.3 Å². The van der Waals surface area contributed by atoms with Gasteiger partial charge in [-0.2, -0.15) is 0 Å². The van der Waals surface area contributed by atoms with E-state index < -0.39 is 6.08 Å². The zero-order chi connectivity index (χ0) is 17.9. The molecule has 0 aliphatic carbocycles. The summed E-state index contributed by atoms with van der Waals surface area (Å²) in [7, 11) is 4.47. The summed E-state index contributed by atoms with van der Waals surface area (Å²) in [6.45, 7) is 2.69. The van der Waals surface area contributed by atoms with Gasteiger partial charge in [-0.05, 0) is 24.7 Å². The summed E-state index contributed by atoms with van der Waals surface area (Å²) >= 11 is 7.32. The van der Waals surface area contributed by atoms with E-state index in [1.807, 2.05) is 18.2 Å².